The van der Waals surface area contributed by atoms with E-state index in [1.165, 1.54) is 16.7 Å². The normalized spacial score (nSPS) is 18.7. The molecule has 5 rings (SSSR count). The number of aromatic nitrogens is 1. The van der Waals surface area contributed by atoms with Gasteiger partial charge in [-0.05, 0) is 99.2 Å². The SMILES string of the molecule is COCc1cc(COc2c(C)cccc2-c2cccc(N3CC[C@@H](C(=O)OC(C)(C)C)[C@@H](OC)C3)n2)cc2c1CNCC2. The highest BCUT2D eigenvalue weighted by atomic mass is 16.6. The fraction of sp³-hybridized carbons (Fsp3) is 0.486. The van der Waals surface area contributed by atoms with E-state index in [2.05, 4.69) is 41.4 Å². The third-order valence-corrected chi connectivity index (χ3v) is 8.17. The number of nitrogens with zero attached hydrogens (tertiary/aromatic N) is 2. The van der Waals surface area contributed by atoms with Crippen molar-refractivity contribution in [3.63, 3.8) is 0 Å². The van der Waals surface area contributed by atoms with Gasteiger partial charge >= 0.3 is 5.97 Å². The van der Waals surface area contributed by atoms with Gasteiger partial charge in [-0.2, -0.15) is 0 Å². The first kappa shape index (κ1) is 31.0. The molecule has 1 fully saturated rings. The molecule has 0 saturated carbocycles. The zero-order valence-corrected chi connectivity index (χ0v) is 26.4. The van der Waals surface area contributed by atoms with Gasteiger partial charge in [-0.25, -0.2) is 4.98 Å². The van der Waals surface area contributed by atoms with Crippen LogP contribution < -0.4 is 15.0 Å². The number of rotatable bonds is 9. The Kier molecular flexibility index (Phi) is 9.69. The van der Waals surface area contributed by atoms with Gasteiger partial charge in [0.15, 0.2) is 0 Å². The van der Waals surface area contributed by atoms with Crippen LogP contribution in [0.4, 0.5) is 5.82 Å². The van der Waals surface area contributed by atoms with Crippen molar-refractivity contribution in [3.05, 3.63) is 76.3 Å². The van der Waals surface area contributed by atoms with Crippen LogP contribution in [-0.4, -0.2) is 56.5 Å². The van der Waals surface area contributed by atoms with E-state index in [9.17, 15) is 4.79 Å². The number of para-hydroxylation sites is 1. The third kappa shape index (κ3) is 7.37. The van der Waals surface area contributed by atoms with Crippen molar-refractivity contribution in [1.29, 1.82) is 0 Å². The van der Waals surface area contributed by atoms with Gasteiger partial charge in [-0.3, -0.25) is 4.79 Å². The highest BCUT2D eigenvalue weighted by Crippen LogP contribution is 2.35. The van der Waals surface area contributed by atoms with E-state index >= 15 is 0 Å². The van der Waals surface area contributed by atoms with Crippen molar-refractivity contribution >= 4 is 11.8 Å². The standard InChI is InChI=1S/C35H45N3O5/c1-23-9-7-10-27(33(23)42-21-24-17-25-13-15-36-19-29(25)26(18-24)22-40-5)30-11-8-12-32(37-30)38-16-14-28(31(20-38)41-6)34(39)43-35(2,3)4/h7-12,17-18,28,31,36H,13-16,19-22H2,1-6H3/t28-,31+/m1/s1. The van der Waals surface area contributed by atoms with Crippen LogP contribution in [0, 0.1) is 12.8 Å². The molecule has 8 heteroatoms. The van der Waals surface area contributed by atoms with Crippen LogP contribution in [-0.2, 0) is 45.2 Å². The molecule has 0 spiro atoms. The average molecular weight is 588 g/mol. The first-order chi connectivity index (χ1) is 20.7. The molecule has 0 bridgehead atoms. The smallest absolute Gasteiger partial charge is 0.312 e. The lowest BCUT2D eigenvalue weighted by atomic mass is 9.93. The second-order valence-electron chi connectivity index (χ2n) is 12.5. The molecule has 2 aliphatic heterocycles. The number of methoxy groups -OCH3 is 2. The Morgan fingerprint density at radius 1 is 1.09 bits per heavy atom. The van der Waals surface area contributed by atoms with Gasteiger partial charge in [0, 0.05) is 39.4 Å². The molecule has 1 aromatic heterocycles. The van der Waals surface area contributed by atoms with E-state index in [0.29, 0.717) is 32.7 Å². The molecule has 1 N–H and O–H groups in total. The van der Waals surface area contributed by atoms with E-state index in [4.69, 9.17) is 23.9 Å². The Balaban J connectivity index is 1.35. The number of benzene rings is 2. The van der Waals surface area contributed by atoms with Crippen molar-refractivity contribution in [2.75, 3.05) is 38.8 Å². The number of pyridine rings is 1. The van der Waals surface area contributed by atoms with Crippen LogP contribution in [0.1, 0.15) is 55.0 Å². The fourth-order valence-corrected chi connectivity index (χ4v) is 6.09. The molecular weight excluding hydrogens is 542 g/mol. The van der Waals surface area contributed by atoms with Gasteiger partial charge in [0.2, 0.25) is 0 Å². The summed E-state index contributed by atoms with van der Waals surface area (Å²) in [4.78, 5) is 20.1. The number of piperidine rings is 1. The monoisotopic (exact) mass is 587 g/mol. The van der Waals surface area contributed by atoms with Crippen molar-refractivity contribution in [1.82, 2.24) is 10.3 Å². The average Bonchev–Trinajstić information content (AvgIpc) is 2.99. The molecule has 3 heterocycles. The summed E-state index contributed by atoms with van der Waals surface area (Å²) in [5.74, 6) is 1.18. The summed E-state index contributed by atoms with van der Waals surface area (Å²) in [6.07, 6.45) is 1.37. The van der Waals surface area contributed by atoms with Crippen LogP contribution in [0.2, 0.25) is 0 Å². The predicted octanol–water partition coefficient (Wildman–Crippen LogP) is 5.61. The molecule has 2 atom stereocenters. The van der Waals surface area contributed by atoms with Crippen LogP contribution in [0.15, 0.2) is 48.5 Å². The molecule has 1 saturated heterocycles. The molecule has 230 valence electrons. The summed E-state index contributed by atoms with van der Waals surface area (Å²) in [5.41, 5.74) is 7.40. The summed E-state index contributed by atoms with van der Waals surface area (Å²) in [5, 5.41) is 3.47. The van der Waals surface area contributed by atoms with Crippen LogP contribution in [0.25, 0.3) is 11.3 Å². The van der Waals surface area contributed by atoms with Crippen LogP contribution in [0.5, 0.6) is 5.75 Å². The molecule has 2 aromatic carbocycles. The Morgan fingerprint density at radius 3 is 2.67 bits per heavy atom. The number of ether oxygens (including phenoxy) is 4. The topological polar surface area (TPSA) is 82.2 Å². The summed E-state index contributed by atoms with van der Waals surface area (Å²) in [7, 11) is 3.40. The molecule has 0 radical (unpaired) electrons. The number of hydrogen-bond acceptors (Lipinski definition) is 8. The van der Waals surface area contributed by atoms with Crippen molar-refractivity contribution in [3.8, 4) is 17.0 Å². The summed E-state index contributed by atoms with van der Waals surface area (Å²) in [6, 6.07) is 16.7. The number of esters is 1. The van der Waals surface area contributed by atoms with Crippen LogP contribution in [0.3, 0.4) is 0 Å². The maximum Gasteiger partial charge on any atom is 0.312 e. The van der Waals surface area contributed by atoms with Gasteiger partial charge in [-0.15, -0.1) is 0 Å². The minimum Gasteiger partial charge on any atom is -0.488 e. The molecule has 0 aliphatic carbocycles. The maximum absolute atomic E-state index is 12.9. The summed E-state index contributed by atoms with van der Waals surface area (Å²) in [6.45, 7) is 11.9. The summed E-state index contributed by atoms with van der Waals surface area (Å²) >= 11 is 0. The van der Waals surface area contributed by atoms with Gasteiger partial charge in [-0.1, -0.05) is 24.3 Å². The number of nitrogens with one attached hydrogen (secondary N) is 1. The second-order valence-corrected chi connectivity index (χ2v) is 12.5. The molecule has 8 nitrogen and oxygen atoms in total. The number of carbonyl (C=O) groups excluding carboxylic acids is 1. The number of carbonyl (C=O) groups is 1. The largest absolute Gasteiger partial charge is 0.488 e. The number of aryl methyl sites for hydroxylation is 1. The highest BCUT2D eigenvalue weighted by Gasteiger charge is 2.37. The predicted molar refractivity (Wildman–Crippen MR) is 168 cm³/mol. The number of hydrogen-bond donors (Lipinski definition) is 1. The fourth-order valence-electron chi connectivity index (χ4n) is 6.09. The first-order valence-corrected chi connectivity index (χ1v) is 15.2. The zero-order valence-electron chi connectivity index (χ0n) is 26.4. The van der Waals surface area contributed by atoms with E-state index in [0.717, 1.165) is 53.5 Å². The van der Waals surface area contributed by atoms with E-state index < -0.39 is 5.60 Å². The third-order valence-electron chi connectivity index (χ3n) is 8.17. The Labute approximate surface area is 255 Å². The van der Waals surface area contributed by atoms with Gasteiger partial charge in [0.1, 0.15) is 23.8 Å². The molecule has 2 aliphatic rings. The summed E-state index contributed by atoms with van der Waals surface area (Å²) < 4.78 is 23.5. The maximum atomic E-state index is 12.9. The Morgan fingerprint density at radius 2 is 1.91 bits per heavy atom. The molecular formula is C35H45N3O5. The van der Waals surface area contributed by atoms with Crippen molar-refractivity contribution < 1.29 is 23.7 Å². The highest BCUT2D eigenvalue weighted by molar-refractivity contribution is 5.74. The quantitative estimate of drug-likeness (QED) is 0.324. The molecule has 0 amide bonds. The minimum atomic E-state index is -0.528. The van der Waals surface area contributed by atoms with Gasteiger partial charge in [0.25, 0.3) is 0 Å². The molecule has 3 aromatic rings. The lowest BCUT2D eigenvalue weighted by Gasteiger charge is -2.38. The Hall–Kier alpha value is -3.46. The second kappa shape index (κ2) is 13.5. The first-order valence-electron chi connectivity index (χ1n) is 15.2. The zero-order chi connectivity index (χ0) is 30.6. The number of fused-ring (bicyclic) bond motifs is 1. The lowest BCUT2D eigenvalue weighted by Crippen LogP contribution is -2.49. The van der Waals surface area contributed by atoms with Crippen molar-refractivity contribution in [2.45, 2.75) is 72.0 Å². The molecule has 0 unspecified atom stereocenters. The number of anilines is 1. The Bertz CT molecular complexity index is 1430. The molecule has 43 heavy (non-hydrogen) atoms. The van der Waals surface area contributed by atoms with E-state index in [1.807, 2.05) is 45.0 Å². The van der Waals surface area contributed by atoms with Crippen molar-refractivity contribution in [2.24, 2.45) is 5.92 Å². The van der Waals surface area contributed by atoms with E-state index in [1.54, 1.807) is 14.2 Å². The van der Waals surface area contributed by atoms with Gasteiger partial charge in [0.05, 0.1) is 24.3 Å². The van der Waals surface area contributed by atoms with Gasteiger partial charge < -0.3 is 29.2 Å². The lowest BCUT2D eigenvalue weighted by molar-refractivity contribution is -0.165. The minimum absolute atomic E-state index is 0.202. The van der Waals surface area contributed by atoms with E-state index in [-0.39, 0.29) is 18.0 Å². The van der Waals surface area contributed by atoms with Crippen LogP contribution >= 0.6 is 0 Å².